The number of carboxylic acid groups (broad SMARTS) is 1. The predicted molar refractivity (Wildman–Crippen MR) is 68.7 cm³/mol. The Morgan fingerprint density at radius 1 is 1.62 bits per heavy atom. The Labute approximate surface area is 107 Å². The summed E-state index contributed by atoms with van der Waals surface area (Å²) in [7, 11) is 3.81. The van der Waals surface area contributed by atoms with Gasteiger partial charge < -0.3 is 15.7 Å². The van der Waals surface area contributed by atoms with Gasteiger partial charge in [0.1, 0.15) is 0 Å². The summed E-state index contributed by atoms with van der Waals surface area (Å²) in [4.78, 5) is 13.7. The van der Waals surface area contributed by atoms with Crippen LogP contribution in [0, 0.1) is 0 Å². The van der Waals surface area contributed by atoms with Crippen molar-refractivity contribution >= 4 is 33.2 Å². The minimum absolute atomic E-state index is 0.0294. The van der Waals surface area contributed by atoms with Crippen molar-refractivity contribution in [2.45, 2.75) is 18.5 Å². The highest BCUT2D eigenvalue weighted by atomic mass is 79.9. The highest BCUT2D eigenvalue weighted by Gasteiger charge is 2.25. The third kappa shape index (κ3) is 3.55. The lowest BCUT2D eigenvalue weighted by molar-refractivity contribution is -0.137. The molecule has 0 aliphatic rings. The number of nitrogens with two attached hydrogens (primary N) is 1. The van der Waals surface area contributed by atoms with E-state index in [0.717, 1.165) is 8.66 Å². The molecule has 2 atom stereocenters. The molecule has 16 heavy (non-hydrogen) atoms. The van der Waals surface area contributed by atoms with Crippen LogP contribution < -0.4 is 5.73 Å². The topological polar surface area (TPSA) is 66.6 Å². The van der Waals surface area contributed by atoms with Gasteiger partial charge in [-0.15, -0.1) is 11.3 Å². The van der Waals surface area contributed by atoms with Gasteiger partial charge in [0.05, 0.1) is 16.2 Å². The van der Waals surface area contributed by atoms with Crippen molar-refractivity contribution in [3.05, 3.63) is 20.8 Å². The van der Waals surface area contributed by atoms with Gasteiger partial charge in [0.2, 0.25) is 0 Å². The Balaban J connectivity index is 2.86. The van der Waals surface area contributed by atoms with Crippen LogP contribution in [0.1, 0.15) is 17.3 Å². The van der Waals surface area contributed by atoms with E-state index in [1.54, 1.807) is 11.3 Å². The molecule has 0 radical (unpaired) electrons. The maximum atomic E-state index is 10.7. The number of hydrogen-bond acceptors (Lipinski definition) is 4. The van der Waals surface area contributed by atoms with Crippen LogP contribution in [0.25, 0.3) is 0 Å². The number of carbonyl (C=O) groups is 1. The number of nitrogens with zero attached hydrogens (tertiary/aromatic N) is 1. The highest BCUT2D eigenvalue weighted by Crippen LogP contribution is 2.31. The lowest BCUT2D eigenvalue weighted by Crippen LogP contribution is -2.38. The molecule has 0 aliphatic carbocycles. The molecule has 1 aromatic heterocycles. The zero-order valence-corrected chi connectivity index (χ0v) is 11.6. The van der Waals surface area contributed by atoms with Crippen molar-refractivity contribution in [3.63, 3.8) is 0 Å². The number of halogens is 1. The molecule has 3 N–H and O–H groups in total. The molecule has 0 saturated heterocycles. The summed E-state index contributed by atoms with van der Waals surface area (Å²) in [6.45, 7) is 0. The Morgan fingerprint density at radius 3 is 2.62 bits per heavy atom. The van der Waals surface area contributed by atoms with Gasteiger partial charge in [-0.25, -0.2) is 0 Å². The summed E-state index contributed by atoms with van der Waals surface area (Å²) in [6, 6.07) is 3.45. The van der Waals surface area contributed by atoms with Gasteiger partial charge in [-0.1, -0.05) is 0 Å². The first-order chi connectivity index (χ1) is 7.41. The van der Waals surface area contributed by atoms with E-state index in [1.807, 2.05) is 31.1 Å². The fraction of sp³-hybridized carbons (Fsp3) is 0.500. The molecule has 0 bridgehead atoms. The zero-order chi connectivity index (χ0) is 12.3. The fourth-order valence-corrected chi connectivity index (χ4v) is 3.35. The second kappa shape index (κ2) is 5.77. The quantitative estimate of drug-likeness (QED) is 0.872. The van der Waals surface area contributed by atoms with Gasteiger partial charge in [-0.2, -0.15) is 0 Å². The molecule has 1 rings (SSSR count). The molecular formula is C10H15BrN2O2S. The third-order valence-electron chi connectivity index (χ3n) is 2.26. The van der Waals surface area contributed by atoms with Crippen molar-refractivity contribution < 1.29 is 9.90 Å². The Kier molecular flexibility index (Phi) is 4.91. The first-order valence-electron chi connectivity index (χ1n) is 4.81. The SMILES string of the molecule is CN(C)C(c1ccc(Br)s1)C(N)CC(=O)O. The fourth-order valence-electron chi connectivity index (χ4n) is 1.65. The maximum absolute atomic E-state index is 10.7. The summed E-state index contributed by atoms with van der Waals surface area (Å²) in [5.74, 6) is -0.866. The van der Waals surface area contributed by atoms with E-state index >= 15 is 0 Å². The van der Waals surface area contributed by atoms with Crippen molar-refractivity contribution in [1.82, 2.24) is 4.90 Å². The summed E-state index contributed by atoms with van der Waals surface area (Å²) < 4.78 is 1.02. The average molecular weight is 307 g/mol. The molecule has 6 heteroatoms. The lowest BCUT2D eigenvalue weighted by Gasteiger charge is -2.28. The van der Waals surface area contributed by atoms with Crippen molar-refractivity contribution in [1.29, 1.82) is 0 Å². The number of hydrogen-bond donors (Lipinski definition) is 2. The Morgan fingerprint density at radius 2 is 2.25 bits per heavy atom. The van der Waals surface area contributed by atoms with Crippen molar-refractivity contribution in [2.24, 2.45) is 5.73 Å². The van der Waals surface area contributed by atoms with E-state index in [-0.39, 0.29) is 12.5 Å². The van der Waals surface area contributed by atoms with Crippen LogP contribution in [-0.2, 0) is 4.79 Å². The predicted octanol–water partition coefficient (Wildman–Crippen LogP) is 1.92. The van der Waals surface area contributed by atoms with Crippen LogP contribution in [-0.4, -0.2) is 36.1 Å². The van der Waals surface area contributed by atoms with E-state index in [2.05, 4.69) is 15.9 Å². The van der Waals surface area contributed by atoms with Crippen LogP contribution in [0.4, 0.5) is 0 Å². The zero-order valence-electron chi connectivity index (χ0n) is 9.18. The molecular weight excluding hydrogens is 292 g/mol. The smallest absolute Gasteiger partial charge is 0.304 e. The van der Waals surface area contributed by atoms with E-state index < -0.39 is 12.0 Å². The number of thiophene rings is 1. The molecule has 90 valence electrons. The molecule has 2 unspecified atom stereocenters. The van der Waals surface area contributed by atoms with Crippen LogP contribution in [0.15, 0.2) is 15.9 Å². The minimum Gasteiger partial charge on any atom is -0.481 e. The molecule has 0 fully saturated rings. The van der Waals surface area contributed by atoms with Gasteiger partial charge in [0, 0.05) is 10.9 Å². The summed E-state index contributed by atoms with van der Waals surface area (Å²) in [5.41, 5.74) is 5.93. The molecule has 0 spiro atoms. The molecule has 1 heterocycles. The minimum atomic E-state index is -0.866. The van der Waals surface area contributed by atoms with E-state index in [9.17, 15) is 4.79 Å². The number of aliphatic carboxylic acids is 1. The van der Waals surface area contributed by atoms with Gasteiger partial charge >= 0.3 is 5.97 Å². The number of carboxylic acids is 1. The van der Waals surface area contributed by atoms with Crippen LogP contribution in [0.2, 0.25) is 0 Å². The van der Waals surface area contributed by atoms with E-state index in [0.29, 0.717) is 0 Å². The average Bonchev–Trinajstić information content (AvgIpc) is 2.49. The lowest BCUT2D eigenvalue weighted by atomic mass is 10.0. The van der Waals surface area contributed by atoms with Gasteiger partial charge in [-0.3, -0.25) is 4.79 Å². The Hall–Kier alpha value is -0.430. The van der Waals surface area contributed by atoms with Crippen molar-refractivity contribution in [2.75, 3.05) is 14.1 Å². The second-order valence-corrected chi connectivity index (χ2v) is 6.31. The van der Waals surface area contributed by atoms with Crippen LogP contribution in [0.5, 0.6) is 0 Å². The second-order valence-electron chi connectivity index (χ2n) is 3.81. The summed E-state index contributed by atoms with van der Waals surface area (Å²) in [5, 5.41) is 8.76. The van der Waals surface area contributed by atoms with E-state index in [4.69, 9.17) is 10.8 Å². The van der Waals surface area contributed by atoms with Gasteiger partial charge in [0.25, 0.3) is 0 Å². The maximum Gasteiger partial charge on any atom is 0.304 e. The Bertz CT molecular complexity index is 367. The first-order valence-corrected chi connectivity index (χ1v) is 6.41. The molecule has 0 amide bonds. The largest absolute Gasteiger partial charge is 0.481 e. The molecule has 0 aromatic carbocycles. The van der Waals surface area contributed by atoms with E-state index in [1.165, 1.54) is 0 Å². The van der Waals surface area contributed by atoms with Crippen LogP contribution >= 0.6 is 27.3 Å². The summed E-state index contributed by atoms with van der Waals surface area (Å²) >= 11 is 4.97. The molecule has 4 nitrogen and oxygen atoms in total. The summed E-state index contributed by atoms with van der Waals surface area (Å²) in [6.07, 6.45) is -0.0294. The first kappa shape index (κ1) is 13.6. The third-order valence-corrected chi connectivity index (χ3v) is 3.95. The normalized spacial score (nSPS) is 15.1. The molecule has 1 aromatic rings. The standard InChI is InChI=1S/C10H15BrN2O2S/c1-13(2)10(6(12)5-9(14)15)7-3-4-8(11)16-7/h3-4,6,10H,5,12H2,1-2H3,(H,14,15). The monoisotopic (exact) mass is 306 g/mol. The highest BCUT2D eigenvalue weighted by molar-refractivity contribution is 9.11. The van der Waals surface area contributed by atoms with Crippen molar-refractivity contribution in [3.8, 4) is 0 Å². The molecule has 0 saturated carbocycles. The number of rotatable bonds is 5. The van der Waals surface area contributed by atoms with Gasteiger partial charge in [0.15, 0.2) is 0 Å². The van der Waals surface area contributed by atoms with Gasteiger partial charge in [-0.05, 0) is 42.2 Å². The number of likely N-dealkylation sites (N-methyl/N-ethyl adjacent to an activating group) is 1. The molecule has 0 aliphatic heterocycles. The van der Waals surface area contributed by atoms with Crippen LogP contribution in [0.3, 0.4) is 0 Å².